The number of carbonyl (C=O) groups is 10. The molecule has 4 aromatic rings. The van der Waals surface area contributed by atoms with Crippen molar-refractivity contribution in [3.8, 4) is 23.1 Å². The minimum atomic E-state index is -1.05. The molecule has 0 bridgehead atoms. The maximum absolute atomic E-state index is 13.3. The Balaban J connectivity index is 0.901. The molecule has 0 spiro atoms. The van der Waals surface area contributed by atoms with Crippen molar-refractivity contribution < 1.29 is 76.7 Å². The van der Waals surface area contributed by atoms with E-state index in [4.69, 9.17) is 34.5 Å². The lowest BCUT2D eigenvalue weighted by Gasteiger charge is -2.19. The summed E-state index contributed by atoms with van der Waals surface area (Å²) in [6, 6.07) is 11.6. The third-order valence-electron chi connectivity index (χ3n) is 12.3. The largest absolute Gasteiger partial charge is 0.493 e. The molecule has 0 saturated carbocycles. The number of nitrogens with one attached hydrogen (secondary N) is 4. The molecule has 2 aromatic carbocycles. The van der Waals surface area contributed by atoms with Gasteiger partial charge in [-0.25, -0.2) is 9.78 Å². The predicted molar refractivity (Wildman–Crippen MR) is 280 cm³/mol. The first-order valence-corrected chi connectivity index (χ1v) is 26.0. The Morgan fingerprint density at radius 1 is 0.756 bits per heavy atom. The standard InChI is InChI=1S/C53H62N8O16S/c1-73-39-24-33-29-60(46(65)17-18-49(68)69)30-34(33)25-40(39)75-22-7-23-76-52-41(74-2)27-42-37(59-52)26-43(78-42)38(62)14-19-50(70)77-31-32-10-12-35(13-11-32)57-51(71)36(8-6-20-55-53(54)72)58-45(64)28-56-44(63)9-4-3-5-21-61-47(66)15-16-48(61)67/h10-13,15-16,24-27,36H,3-9,14,17-23,28-31H2,1-2H3,(H,56,63)(H,57,71)(H,58,64)(H,68,69)(H3,54,55,72)/t36-/m0/s1. The van der Waals surface area contributed by atoms with Gasteiger partial charge >= 0.3 is 18.0 Å². The van der Waals surface area contributed by atoms with Crippen LogP contribution in [-0.2, 0) is 62.8 Å². The Kier molecular flexibility index (Phi) is 21.8. The highest BCUT2D eigenvalue weighted by Crippen LogP contribution is 2.37. The number of methoxy groups -OCH3 is 2. The van der Waals surface area contributed by atoms with Crippen LogP contribution in [-0.4, -0.2) is 132 Å². The number of ether oxygens (including phenoxy) is 5. The number of ketones is 1. The third-order valence-corrected chi connectivity index (χ3v) is 13.4. The van der Waals surface area contributed by atoms with Crippen LogP contribution in [0.3, 0.4) is 0 Å². The molecule has 0 fully saturated rings. The second-order valence-corrected chi connectivity index (χ2v) is 19.1. The number of imide groups is 1. The van der Waals surface area contributed by atoms with E-state index in [-0.39, 0.29) is 107 Å². The van der Waals surface area contributed by atoms with Crippen molar-refractivity contribution >= 4 is 86.4 Å². The number of thiophene rings is 1. The first-order chi connectivity index (χ1) is 37.5. The normalized spacial score (nSPS) is 12.9. The Morgan fingerprint density at radius 3 is 2.15 bits per heavy atom. The molecule has 25 heteroatoms. The fourth-order valence-corrected chi connectivity index (χ4v) is 9.12. The van der Waals surface area contributed by atoms with E-state index in [1.807, 2.05) is 12.1 Å². The highest BCUT2D eigenvalue weighted by Gasteiger charge is 2.27. The van der Waals surface area contributed by atoms with Crippen molar-refractivity contribution in [2.45, 2.75) is 96.4 Å². The molecule has 0 aliphatic carbocycles. The van der Waals surface area contributed by atoms with Crippen molar-refractivity contribution in [3.05, 3.63) is 82.3 Å². The molecular weight excluding hydrogens is 1040 g/mol. The Bertz CT molecular complexity index is 2890. The molecule has 24 nitrogen and oxygen atoms in total. The average molecular weight is 1100 g/mol. The number of carboxylic acids is 1. The second kappa shape index (κ2) is 29.1. The van der Waals surface area contributed by atoms with Crippen LogP contribution < -0.4 is 45.9 Å². The number of nitrogens with zero attached hydrogens (tertiary/aromatic N) is 3. The lowest BCUT2D eigenvalue weighted by Crippen LogP contribution is -2.47. The lowest BCUT2D eigenvalue weighted by molar-refractivity contribution is -0.145. The molecule has 4 heterocycles. The minimum Gasteiger partial charge on any atom is -0.493 e. The van der Waals surface area contributed by atoms with Gasteiger partial charge in [0.05, 0.1) is 61.9 Å². The summed E-state index contributed by atoms with van der Waals surface area (Å²) in [5.74, 6) is -2.91. The highest BCUT2D eigenvalue weighted by molar-refractivity contribution is 7.20. The first-order valence-electron chi connectivity index (χ1n) is 25.1. The number of hydrogen-bond donors (Lipinski definition) is 6. The number of nitrogens with two attached hydrogens (primary N) is 1. The van der Waals surface area contributed by atoms with Crippen LogP contribution in [0.2, 0.25) is 0 Å². The van der Waals surface area contributed by atoms with E-state index >= 15 is 0 Å². The molecule has 0 unspecified atom stereocenters. The average Bonchev–Trinajstić information content (AvgIpc) is 4.19. The van der Waals surface area contributed by atoms with Crippen LogP contribution in [0, 0.1) is 0 Å². The van der Waals surface area contributed by atoms with Crippen molar-refractivity contribution in [1.29, 1.82) is 0 Å². The topological polar surface area (TPSA) is 331 Å². The number of amides is 8. The number of urea groups is 1. The van der Waals surface area contributed by atoms with Gasteiger partial charge in [0.15, 0.2) is 23.0 Å². The molecule has 2 aliphatic heterocycles. The first kappa shape index (κ1) is 58.6. The van der Waals surface area contributed by atoms with Gasteiger partial charge < -0.3 is 60.7 Å². The van der Waals surface area contributed by atoms with Crippen LogP contribution in [0.4, 0.5) is 10.5 Å². The van der Waals surface area contributed by atoms with E-state index in [1.165, 1.54) is 37.7 Å². The summed E-state index contributed by atoms with van der Waals surface area (Å²) in [5.41, 5.74) is 8.39. The van der Waals surface area contributed by atoms with Gasteiger partial charge in [-0.2, -0.15) is 0 Å². The van der Waals surface area contributed by atoms with Crippen LogP contribution >= 0.6 is 11.3 Å². The van der Waals surface area contributed by atoms with Gasteiger partial charge in [0.25, 0.3) is 17.7 Å². The van der Waals surface area contributed by atoms with E-state index in [0.29, 0.717) is 82.4 Å². The fourth-order valence-electron chi connectivity index (χ4n) is 8.13. The second-order valence-electron chi connectivity index (χ2n) is 18.0. The van der Waals surface area contributed by atoms with Crippen LogP contribution in [0.5, 0.6) is 23.1 Å². The number of pyridine rings is 1. The molecule has 1 atom stereocenters. The molecule has 0 saturated heterocycles. The molecule has 0 radical (unpaired) electrons. The number of hydrogen-bond acceptors (Lipinski definition) is 17. The molecule has 416 valence electrons. The van der Waals surface area contributed by atoms with Crippen molar-refractivity contribution in [1.82, 2.24) is 30.7 Å². The molecule has 2 aromatic heterocycles. The number of benzene rings is 2. The number of unbranched alkanes of at least 4 members (excludes halogenated alkanes) is 2. The van der Waals surface area contributed by atoms with Crippen molar-refractivity contribution in [3.63, 3.8) is 0 Å². The predicted octanol–water partition coefficient (Wildman–Crippen LogP) is 4.05. The zero-order valence-corrected chi connectivity index (χ0v) is 44.0. The van der Waals surface area contributed by atoms with E-state index in [2.05, 4.69) is 26.3 Å². The molecule has 78 heavy (non-hydrogen) atoms. The van der Waals surface area contributed by atoms with E-state index < -0.39 is 48.3 Å². The van der Waals surface area contributed by atoms with Gasteiger partial charge in [-0.05, 0) is 72.7 Å². The smallest absolute Gasteiger partial charge is 0.312 e. The number of carbonyl (C=O) groups excluding carboxylic acids is 9. The zero-order valence-electron chi connectivity index (χ0n) is 43.2. The Labute approximate surface area is 452 Å². The summed E-state index contributed by atoms with van der Waals surface area (Å²) in [4.78, 5) is 130. The van der Waals surface area contributed by atoms with Gasteiger partial charge in [0, 0.05) is 75.8 Å². The third kappa shape index (κ3) is 17.7. The highest BCUT2D eigenvalue weighted by atomic mass is 32.1. The zero-order chi connectivity index (χ0) is 56.1. The number of fused-ring (bicyclic) bond motifs is 2. The summed E-state index contributed by atoms with van der Waals surface area (Å²) in [6.45, 7) is 1.04. The van der Waals surface area contributed by atoms with Crippen molar-refractivity contribution in [2.24, 2.45) is 5.73 Å². The molecule has 6 rings (SSSR count). The molecule has 8 amide bonds. The quantitative estimate of drug-likeness (QED) is 0.0174. The number of esters is 1. The van der Waals surface area contributed by atoms with E-state index in [1.54, 1.807) is 41.3 Å². The number of Topliss-reactive ketones (excluding diaryl/α,β-unsaturated/α-hetero) is 1. The Morgan fingerprint density at radius 2 is 1.46 bits per heavy atom. The van der Waals surface area contributed by atoms with Crippen LogP contribution in [0.25, 0.3) is 10.2 Å². The number of carboxylic acid groups (broad SMARTS) is 1. The maximum Gasteiger partial charge on any atom is 0.312 e. The summed E-state index contributed by atoms with van der Waals surface area (Å²) >= 11 is 1.20. The number of primary amides is 1. The fraction of sp³-hybridized carbons (Fsp3) is 0.415. The molecule has 7 N–H and O–H groups in total. The minimum absolute atomic E-state index is 0.0782. The number of aliphatic carboxylic acids is 1. The van der Waals surface area contributed by atoms with Gasteiger partial charge in [0.2, 0.25) is 23.6 Å². The van der Waals surface area contributed by atoms with Gasteiger partial charge in [-0.3, -0.25) is 48.1 Å². The maximum atomic E-state index is 13.3. The summed E-state index contributed by atoms with van der Waals surface area (Å²) in [7, 11) is 2.99. The summed E-state index contributed by atoms with van der Waals surface area (Å²) < 4.78 is 29.1. The molecular formula is C53H62N8O16S. The monoisotopic (exact) mass is 1100 g/mol. The van der Waals surface area contributed by atoms with Crippen LogP contribution in [0.15, 0.2) is 60.7 Å². The Hall–Kier alpha value is -8.61. The summed E-state index contributed by atoms with van der Waals surface area (Å²) in [6.07, 6.45) is 4.33. The van der Waals surface area contributed by atoms with Gasteiger partial charge in [0.1, 0.15) is 12.6 Å². The molecule has 2 aliphatic rings. The number of aromatic nitrogens is 1. The van der Waals surface area contributed by atoms with Gasteiger partial charge in [-0.15, -0.1) is 11.3 Å². The van der Waals surface area contributed by atoms with Crippen molar-refractivity contribution in [2.75, 3.05) is 52.4 Å². The number of anilines is 1. The van der Waals surface area contributed by atoms with E-state index in [9.17, 15) is 47.9 Å². The van der Waals surface area contributed by atoms with Crippen LogP contribution in [0.1, 0.15) is 97.0 Å². The van der Waals surface area contributed by atoms with Gasteiger partial charge in [-0.1, -0.05) is 18.6 Å². The number of rotatable bonds is 32. The summed E-state index contributed by atoms with van der Waals surface area (Å²) in [5, 5.41) is 19.2. The SMILES string of the molecule is COc1cc2c(cc1OCCCOc1nc3cc(C(=O)CCC(=O)OCc4ccc(NC(=O)[C@H](CCCNC(N)=O)NC(=O)CNC(=O)CCCCCN5C(=O)C=CC5=O)cc4)sc3cc1OC)CN(C(=O)CCC(=O)O)C2. The van der Waals surface area contributed by atoms with E-state index in [0.717, 1.165) is 16.0 Å². The lowest BCUT2D eigenvalue weighted by atomic mass is 10.1.